The number of carbonyl (C=O) groups is 1. The first-order valence-corrected chi connectivity index (χ1v) is 10.2. The lowest BCUT2D eigenvalue weighted by atomic mass is 10.0. The van der Waals surface area contributed by atoms with Crippen molar-refractivity contribution in [3.05, 3.63) is 52.3 Å². The Hall–Kier alpha value is -3.21. The first-order chi connectivity index (χ1) is 14.8. The molecule has 1 aromatic carbocycles. The fraction of sp³-hybridized carbons (Fsp3) is 0.300. The quantitative estimate of drug-likeness (QED) is 0.577. The van der Waals surface area contributed by atoms with E-state index in [9.17, 15) is 18.0 Å². The highest BCUT2D eigenvalue weighted by atomic mass is 32.1. The molecule has 1 aliphatic rings. The van der Waals surface area contributed by atoms with E-state index in [1.54, 1.807) is 35.7 Å². The largest absolute Gasteiger partial charge is 0.493 e. The fourth-order valence-electron chi connectivity index (χ4n) is 3.52. The molecule has 0 unspecified atom stereocenters. The number of nitrogens with one attached hydrogen (secondary N) is 2. The second kappa shape index (κ2) is 8.14. The highest BCUT2D eigenvalue weighted by Crippen LogP contribution is 2.45. The van der Waals surface area contributed by atoms with Gasteiger partial charge in [0.05, 0.1) is 26.5 Å². The molecule has 1 aliphatic heterocycles. The highest BCUT2D eigenvalue weighted by Gasteiger charge is 2.47. The number of aromatic nitrogens is 2. The van der Waals surface area contributed by atoms with Crippen molar-refractivity contribution in [2.45, 2.75) is 24.7 Å². The molecule has 0 bridgehead atoms. The van der Waals surface area contributed by atoms with Gasteiger partial charge in [0.1, 0.15) is 11.4 Å². The maximum atomic E-state index is 13.7. The molecule has 1 amide bonds. The third kappa shape index (κ3) is 4.05. The first kappa shape index (κ1) is 21.0. The van der Waals surface area contributed by atoms with Crippen LogP contribution in [0.1, 0.15) is 33.7 Å². The molecule has 2 atom stereocenters. The number of halogens is 3. The van der Waals surface area contributed by atoms with Crippen molar-refractivity contribution in [1.82, 2.24) is 9.78 Å². The van der Waals surface area contributed by atoms with E-state index in [0.717, 1.165) is 15.8 Å². The summed E-state index contributed by atoms with van der Waals surface area (Å²) in [5, 5.41) is 11.4. The van der Waals surface area contributed by atoms with Gasteiger partial charge in [-0.15, -0.1) is 11.3 Å². The summed E-state index contributed by atoms with van der Waals surface area (Å²) in [6, 6.07) is 5.92. The Morgan fingerprint density at radius 1 is 1.26 bits per heavy atom. The molecule has 3 heterocycles. The van der Waals surface area contributed by atoms with Gasteiger partial charge in [0.15, 0.2) is 17.5 Å². The summed E-state index contributed by atoms with van der Waals surface area (Å²) in [6.07, 6.45) is -3.57. The Morgan fingerprint density at radius 2 is 2.03 bits per heavy atom. The summed E-state index contributed by atoms with van der Waals surface area (Å²) in [7, 11) is 2.95. The van der Waals surface area contributed by atoms with Gasteiger partial charge >= 0.3 is 6.18 Å². The lowest BCUT2D eigenvalue weighted by Crippen LogP contribution is -2.36. The summed E-state index contributed by atoms with van der Waals surface area (Å²) >= 11 is 1.36. The zero-order chi connectivity index (χ0) is 22.2. The van der Waals surface area contributed by atoms with E-state index in [-0.39, 0.29) is 17.8 Å². The standard InChI is InChI=1S/C20H19F3N4O3S/c1-29-14-6-5-11(8-15(14)30-2)25-19(28)12-10-24-27-17(20(21,22)23)9-13(26-18(12)27)16-4-3-7-31-16/h3-8,10,13,17,26H,9H2,1-2H3,(H,25,28)/t13-,17+/m0/s1. The fourth-order valence-corrected chi connectivity index (χ4v) is 4.31. The number of hydrogen-bond donors (Lipinski definition) is 2. The van der Waals surface area contributed by atoms with Crippen LogP contribution in [0.15, 0.2) is 41.9 Å². The second-order valence-corrected chi connectivity index (χ2v) is 7.86. The number of amides is 1. The van der Waals surface area contributed by atoms with Gasteiger partial charge < -0.3 is 20.1 Å². The maximum absolute atomic E-state index is 13.7. The van der Waals surface area contributed by atoms with Crippen LogP contribution in [-0.2, 0) is 0 Å². The van der Waals surface area contributed by atoms with Gasteiger partial charge in [-0.2, -0.15) is 18.3 Å². The lowest BCUT2D eigenvalue weighted by molar-refractivity contribution is -0.173. The third-order valence-corrected chi connectivity index (χ3v) is 6.00. The average Bonchev–Trinajstić information content (AvgIpc) is 3.42. The number of alkyl halides is 3. The van der Waals surface area contributed by atoms with Gasteiger partial charge in [-0.05, 0) is 23.6 Å². The smallest absolute Gasteiger partial charge is 0.410 e. The van der Waals surface area contributed by atoms with Crippen LogP contribution >= 0.6 is 11.3 Å². The van der Waals surface area contributed by atoms with Gasteiger partial charge in [-0.3, -0.25) is 4.79 Å². The Morgan fingerprint density at radius 3 is 2.68 bits per heavy atom. The Bertz CT molecular complexity index is 1080. The van der Waals surface area contributed by atoms with Gasteiger partial charge in [0.25, 0.3) is 5.91 Å². The molecule has 0 saturated heterocycles. The molecule has 2 aromatic heterocycles. The van der Waals surface area contributed by atoms with Crippen LogP contribution in [0.3, 0.4) is 0 Å². The molecule has 0 saturated carbocycles. The molecule has 3 aromatic rings. The van der Waals surface area contributed by atoms with E-state index < -0.39 is 24.2 Å². The van der Waals surface area contributed by atoms with Gasteiger partial charge in [0, 0.05) is 23.1 Å². The third-order valence-electron chi connectivity index (χ3n) is 5.01. The molecule has 0 fully saturated rings. The van der Waals surface area contributed by atoms with Crippen molar-refractivity contribution in [1.29, 1.82) is 0 Å². The lowest BCUT2D eigenvalue weighted by Gasteiger charge is -2.33. The van der Waals surface area contributed by atoms with E-state index in [1.165, 1.54) is 25.6 Å². The minimum atomic E-state index is -4.50. The molecular weight excluding hydrogens is 433 g/mol. The van der Waals surface area contributed by atoms with Crippen LogP contribution in [0, 0.1) is 0 Å². The van der Waals surface area contributed by atoms with Crippen molar-refractivity contribution < 1.29 is 27.4 Å². The van der Waals surface area contributed by atoms with Crippen LogP contribution in [0.5, 0.6) is 11.5 Å². The van der Waals surface area contributed by atoms with Crippen molar-refractivity contribution in [2.24, 2.45) is 0 Å². The van der Waals surface area contributed by atoms with Crippen LogP contribution < -0.4 is 20.1 Å². The van der Waals surface area contributed by atoms with Crippen LogP contribution in [0.4, 0.5) is 24.7 Å². The highest BCUT2D eigenvalue weighted by molar-refractivity contribution is 7.10. The molecule has 0 radical (unpaired) electrons. The predicted molar refractivity (Wildman–Crippen MR) is 110 cm³/mol. The molecule has 2 N–H and O–H groups in total. The molecule has 7 nitrogen and oxygen atoms in total. The second-order valence-electron chi connectivity index (χ2n) is 6.88. The SMILES string of the molecule is COc1ccc(NC(=O)c2cnn3c2N[C@H](c2cccs2)C[C@@H]3C(F)(F)F)cc1OC. The van der Waals surface area contributed by atoms with Crippen LogP contribution in [0.2, 0.25) is 0 Å². The summed E-state index contributed by atoms with van der Waals surface area (Å²) in [5.41, 5.74) is 0.422. The summed E-state index contributed by atoms with van der Waals surface area (Å²) in [4.78, 5) is 13.7. The molecule has 164 valence electrons. The van der Waals surface area contributed by atoms with Crippen molar-refractivity contribution >= 4 is 28.7 Å². The zero-order valence-electron chi connectivity index (χ0n) is 16.6. The number of nitrogens with zero attached hydrogens (tertiary/aromatic N) is 2. The number of hydrogen-bond acceptors (Lipinski definition) is 6. The number of carbonyl (C=O) groups excluding carboxylic acids is 1. The van der Waals surface area contributed by atoms with Crippen LogP contribution in [0.25, 0.3) is 0 Å². The molecule has 31 heavy (non-hydrogen) atoms. The van der Waals surface area contributed by atoms with E-state index in [2.05, 4.69) is 15.7 Å². The minimum absolute atomic E-state index is 0.0188. The molecule has 4 rings (SSSR count). The number of methoxy groups -OCH3 is 2. The molecule has 0 aliphatic carbocycles. The Balaban J connectivity index is 1.65. The number of ether oxygens (including phenoxy) is 2. The maximum Gasteiger partial charge on any atom is 0.410 e. The van der Waals surface area contributed by atoms with Crippen molar-refractivity contribution in [3.63, 3.8) is 0 Å². The minimum Gasteiger partial charge on any atom is -0.493 e. The Kier molecular flexibility index (Phi) is 5.52. The number of rotatable bonds is 5. The van der Waals surface area contributed by atoms with Crippen molar-refractivity contribution in [3.8, 4) is 11.5 Å². The van der Waals surface area contributed by atoms with Crippen molar-refractivity contribution in [2.75, 3.05) is 24.9 Å². The van der Waals surface area contributed by atoms with E-state index in [4.69, 9.17) is 9.47 Å². The molecule has 0 spiro atoms. The topological polar surface area (TPSA) is 77.4 Å². The molecular formula is C20H19F3N4O3S. The number of benzene rings is 1. The molecule has 11 heteroatoms. The van der Waals surface area contributed by atoms with E-state index in [0.29, 0.717) is 17.2 Å². The average molecular weight is 452 g/mol. The Labute approximate surface area is 179 Å². The summed E-state index contributed by atoms with van der Waals surface area (Å²) in [5.74, 6) is 0.334. The monoisotopic (exact) mass is 452 g/mol. The van der Waals surface area contributed by atoms with Gasteiger partial charge in [0.2, 0.25) is 0 Å². The summed E-state index contributed by atoms with van der Waals surface area (Å²) < 4.78 is 52.4. The summed E-state index contributed by atoms with van der Waals surface area (Å²) in [6.45, 7) is 0. The number of fused-ring (bicyclic) bond motifs is 1. The number of anilines is 2. The number of thiophene rings is 1. The van der Waals surface area contributed by atoms with E-state index >= 15 is 0 Å². The predicted octanol–water partition coefficient (Wildman–Crippen LogP) is 4.87. The first-order valence-electron chi connectivity index (χ1n) is 9.29. The van der Waals surface area contributed by atoms with Gasteiger partial charge in [-0.25, -0.2) is 4.68 Å². The van der Waals surface area contributed by atoms with Crippen LogP contribution in [-0.4, -0.2) is 36.1 Å². The van der Waals surface area contributed by atoms with E-state index in [1.807, 2.05) is 0 Å². The zero-order valence-corrected chi connectivity index (χ0v) is 17.4. The normalized spacial score (nSPS) is 18.1. The van der Waals surface area contributed by atoms with Gasteiger partial charge in [-0.1, -0.05) is 6.07 Å².